The first-order chi connectivity index (χ1) is 9.51. The van der Waals surface area contributed by atoms with Crippen molar-refractivity contribution in [3.8, 4) is 0 Å². The van der Waals surface area contributed by atoms with E-state index in [0.717, 1.165) is 5.01 Å². The number of aromatic nitrogens is 2. The first kappa shape index (κ1) is 14.9. The summed E-state index contributed by atoms with van der Waals surface area (Å²) in [6.45, 7) is 4.62. The highest BCUT2D eigenvalue weighted by Gasteiger charge is 2.36. The van der Waals surface area contributed by atoms with Crippen molar-refractivity contribution in [3.05, 3.63) is 5.01 Å². The van der Waals surface area contributed by atoms with Gasteiger partial charge in [0.15, 0.2) is 0 Å². The number of rotatable bonds is 5. The highest BCUT2D eigenvalue weighted by atomic mass is 32.1. The van der Waals surface area contributed by atoms with Crippen LogP contribution in [0.25, 0.3) is 0 Å². The van der Waals surface area contributed by atoms with Crippen LogP contribution in [0.15, 0.2) is 0 Å². The highest BCUT2D eigenvalue weighted by Crippen LogP contribution is 2.23. The van der Waals surface area contributed by atoms with E-state index in [4.69, 9.17) is 4.74 Å². The molecular weight excluding hydrogens is 280 g/mol. The average Bonchev–Trinajstić information content (AvgIpc) is 2.96. The molecule has 1 saturated heterocycles. The SMILES string of the molecule is COC[C@@H](C)N1C[C@@H](C(=O)Nc2nnc(C)s2)CC1=O. The van der Waals surface area contributed by atoms with Gasteiger partial charge in [-0.3, -0.25) is 9.59 Å². The van der Waals surface area contributed by atoms with Crippen LogP contribution in [-0.2, 0) is 14.3 Å². The van der Waals surface area contributed by atoms with Crippen molar-refractivity contribution in [1.82, 2.24) is 15.1 Å². The molecule has 2 amide bonds. The molecule has 1 aliphatic heterocycles. The molecule has 110 valence electrons. The second-order valence-corrected chi connectivity index (χ2v) is 6.05. The summed E-state index contributed by atoms with van der Waals surface area (Å²) >= 11 is 1.32. The topological polar surface area (TPSA) is 84.4 Å². The van der Waals surface area contributed by atoms with E-state index in [1.54, 1.807) is 12.0 Å². The third-order valence-corrected chi connectivity index (χ3v) is 3.98. The zero-order valence-corrected chi connectivity index (χ0v) is 12.6. The van der Waals surface area contributed by atoms with Crippen molar-refractivity contribution in [1.29, 1.82) is 0 Å². The molecule has 1 aromatic rings. The van der Waals surface area contributed by atoms with Gasteiger partial charge < -0.3 is 15.0 Å². The number of anilines is 1. The van der Waals surface area contributed by atoms with Crippen molar-refractivity contribution in [2.45, 2.75) is 26.3 Å². The number of amides is 2. The number of carbonyl (C=O) groups excluding carboxylic acids is 2. The van der Waals surface area contributed by atoms with Crippen molar-refractivity contribution in [2.24, 2.45) is 5.92 Å². The Morgan fingerprint density at radius 2 is 2.35 bits per heavy atom. The number of carbonyl (C=O) groups is 2. The Morgan fingerprint density at radius 1 is 1.60 bits per heavy atom. The zero-order chi connectivity index (χ0) is 14.7. The van der Waals surface area contributed by atoms with Crippen LogP contribution in [-0.4, -0.2) is 53.2 Å². The lowest BCUT2D eigenvalue weighted by atomic mass is 10.1. The van der Waals surface area contributed by atoms with Crippen LogP contribution < -0.4 is 5.32 Å². The number of hydrogen-bond acceptors (Lipinski definition) is 6. The normalized spacial score (nSPS) is 20.2. The lowest BCUT2D eigenvalue weighted by molar-refractivity contribution is -0.130. The number of ether oxygens (including phenoxy) is 1. The number of hydrogen-bond donors (Lipinski definition) is 1. The van der Waals surface area contributed by atoms with E-state index in [1.807, 2.05) is 13.8 Å². The first-order valence-corrected chi connectivity index (χ1v) is 7.22. The fraction of sp³-hybridized carbons (Fsp3) is 0.667. The smallest absolute Gasteiger partial charge is 0.231 e. The second kappa shape index (κ2) is 6.27. The Balaban J connectivity index is 1.94. The minimum Gasteiger partial charge on any atom is -0.383 e. The van der Waals surface area contributed by atoms with Gasteiger partial charge in [-0.2, -0.15) is 0 Å². The molecule has 0 spiro atoms. The van der Waals surface area contributed by atoms with Crippen molar-refractivity contribution in [3.63, 3.8) is 0 Å². The summed E-state index contributed by atoms with van der Waals surface area (Å²) in [6, 6.07) is -0.0194. The Kier molecular flexibility index (Phi) is 4.66. The van der Waals surface area contributed by atoms with Crippen LogP contribution in [0.3, 0.4) is 0 Å². The van der Waals surface area contributed by atoms with E-state index in [9.17, 15) is 9.59 Å². The lowest BCUT2D eigenvalue weighted by Gasteiger charge is -2.23. The number of aryl methyl sites for hydroxylation is 1. The van der Waals surface area contributed by atoms with Gasteiger partial charge in [-0.1, -0.05) is 11.3 Å². The van der Waals surface area contributed by atoms with Gasteiger partial charge in [0.1, 0.15) is 5.01 Å². The molecule has 1 aromatic heterocycles. The fourth-order valence-corrected chi connectivity index (χ4v) is 2.81. The summed E-state index contributed by atoms with van der Waals surface area (Å²) in [5.74, 6) is -0.532. The highest BCUT2D eigenvalue weighted by molar-refractivity contribution is 7.15. The summed E-state index contributed by atoms with van der Waals surface area (Å²) in [4.78, 5) is 25.7. The standard InChI is InChI=1S/C12H18N4O3S/c1-7(6-19-3)16-5-9(4-10(16)17)11(18)13-12-15-14-8(2)20-12/h7,9H,4-6H2,1-3H3,(H,13,15,18)/t7-,9+/m1/s1. The van der Waals surface area contributed by atoms with E-state index >= 15 is 0 Å². The van der Waals surface area contributed by atoms with Gasteiger partial charge in [0.05, 0.1) is 18.6 Å². The van der Waals surface area contributed by atoms with Crippen LogP contribution in [0.1, 0.15) is 18.4 Å². The molecule has 1 aliphatic rings. The molecule has 1 N–H and O–H groups in total. The molecule has 0 saturated carbocycles. The van der Waals surface area contributed by atoms with Gasteiger partial charge in [-0.15, -0.1) is 10.2 Å². The number of nitrogens with one attached hydrogen (secondary N) is 1. The number of methoxy groups -OCH3 is 1. The fourth-order valence-electron chi connectivity index (χ4n) is 2.22. The number of likely N-dealkylation sites (tertiary alicyclic amines) is 1. The zero-order valence-electron chi connectivity index (χ0n) is 11.8. The largest absolute Gasteiger partial charge is 0.383 e. The molecule has 0 radical (unpaired) electrons. The maximum absolute atomic E-state index is 12.1. The van der Waals surface area contributed by atoms with E-state index in [0.29, 0.717) is 18.3 Å². The minimum absolute atomic E-state index is 0.0110. The molecule has 20 heavy (non-hydrogen) atoms. The van der Waals surface area contributed by atoms with E-state index in [-0.39, 0.29) is 30.2 Å². The minimum atomic E-state index is -0.342. The van der Waals surface area contributed by atoms with E-state index in [1.165, 1.54) is 11.3 Å². The third-order valence-electron chi connectivity index (χ3n) is 3.23. The van der Waals surface area contributed by atoms with E-state index < -0.39 is 0 Å². The van der Waals surface area contributed by atoms with Gasteiger partial charge >= 0.3 is 0 Å². The molecule has 0 unspecified atom stereocenters. The molecule has 2 heterocycles. The molecule has 0 bridgehead atoms. The predicted molar refractivity (Wildman–Crippen MR) is 74.4 cm³/mol. The van der Waals surface area contributed by atoms with Crippen LogP contribution in [0.4, 0.5) is 5.13 Å². The first-order valence-electron chi connectivity index (χ1n) is 6.40. The molecule has 0 aliphatic carbocycles. The van der Waals surface area contributed by atoms with Crippen LogP contribution in [0.2, 0.25) is 0 Å². The molecule has 1 fully saturated rings. The summed E-state index contributed by atoms with van der Waals surface area (Å²) < 4.78 is 5.05. The maximum Gasteiger partial charge on any atom is 0.231 e. The van der Waals surface area contributed by atoms with Crippen molar-refractivity contribution in [2.75, 3.05) is 25.6 Å². The Morgan fingerprint density at radius 3 is 2.95 bits per heavy atom. The second-order valence-electron chi connectivity index (χ2n) is 4.87. The third kappa shape index (κ3) is 3.31. The molecule has 2 atom stereocenters. The average molecular weight is 298 g/mol. The van der Waals surface area contributed by atoms with Crippen LogP contribution >= 0.6 is 11.3 Å². The molecular formula is C12H18N4O3S. The van der Waals surface area contributed by atoms with Gasteiger partial charge in [0.2, 0.25) is 16.9 Å². The van der Waals surface area contributed by atoms with Gasteiger partial charge in [0, 0.05) is 20.1 Å². The van der Waals surface area contributed by atoms with Gasteiger partial charge in [0.25, 0.3) is 0 Å². The van der Waals surface area contributed by atoms with E-state index in [2.05, 4.69) is 15.5 Å². The monoisotopic (exact) mass is 298 g/mol. The Hall–Kier alpha value is -1.54. The summed E-state index contributed by atoms with van der Waals surface area (Å²) in [5.41, 5.74) is 0. The number of nitrogens with zero attached hydrogens (tertiary/aromatic N) is 3. The maximum atomic E-state index is 12.1. The van der Waals surface area contributed by atoms with Crippen LogP contribution in [0, 0.1) is 12.8 Å². The van der Waals surface area contributed by atoms with Crippen molar-refractivity contribution >= 4 is 28.3 Å². The molecule has 8 heteroatoms. The van der Waals surface area contributed by atoms with Gasteiger partial charge in [-0.05, 0) is 13.8 Å². The summed E-state index contributed by atoms with van der Waals surface area (Å²) in [5, 5.41) is 11.7. The van der Waals surface area contributed by atoms with Crippen LogP contribution in [0.5, 0.6) is 0 Å². The molecule has 7 nitrogen and oxygen atoms in total. The van der Waals surface area contributed by atoms with Crippen molar-refractivity contribution < 1.29 is 14.3 Å². The summed E-state index contributed by atoms with van der Waals surface area (Å²) in [7, 11) is 1.60. The predicted octanol–water partition coefficient (Wildman–Crippen LogP) is 0.668. The van der Waals surface area contributed by atoms with Gasteiger partial charge in [-0.25, -0.2) is 0 Å². The lowest BCUT2D eigenvalue weighted by Crippen LogP contribution is -2.38. The summed E-state index contributed by atoms with van der Waals surface area (Å²) in [6.07, 6.45) is 0.234. The Bertz CT molecular complexity index is 505. The quantitative estimate of drug-likeness (QED) is 0.863. The molecule has 2 rings (SSSR count). The molecule has 0 aromatic carbocycles. The Labute approximate surface area is 121 Å².